The van der Waals surface area contributed by atoms with Crippen molar-refractivity contribution in [3.05, 3.63) is 90.0 Å². The minimum absolute atomic E-state index is 0.0373. The Labute approximate surface area is 181 Å². The normalized spacial score (nSPS) is 14.5. The van der Waals surface area contributed by atoms with Gasteiger partial charge >= 0.3 is 5.97 Å². The molecule has 1 aliphatic rings. The molecule has 1 amide bonds. The second-order valence-corrected chi connectivity index (χ2v) is 7.28. The first-order chi connectivity index (χ1) is 15.1. The van der Waals surface area contributed by atoms with Crippen molar-refractivity contribution in [3.8, 4) is 11.5 Å². The molecule has 158 valence electrons. The van der Waals surface area contributed by atoms with Gasteiger partial charge in [-0.3, -0.25) is 4.79 Å². The number of rotatable bonds is 6. The lowest BCUT2D eigenvalue weighted by Gasteiger charge is -2.26. The van der Waals surface area contributed by atoms with Crippen LogP contribution < -0.4 is 14.4 Å². The molecule has 3 aromatic carbocycles. The molecule has 31 heavy (non-hydrogen) atoms. The molecule has 0 N–H and O–H groups in total. The number of nitrogens with zero attached hydrogens (tertiary/aromatic N) is 1. The summed E-state index contributed by atoms with van der Waals surface area (Å²) < 4.78 is 16.5. The minimum atomic E-state index is -0.913. The Kier molecular flexibility index (Phi) is 6.17. The van der Waals surface area contributed by atoms with Crippen molar-refractivity contribution in [1.29, 1.82) is 0 Å². The molecule has 6 nitrogen and oxygen atoms in total. The quantitative estimate of drug-likeness (QED) is 0.569. The number of ether oxygens (including phenoxy) is 3. The van der Waals surface area contributed by atoms with Gasteiger partial charge in [0, 0.05) is 5.69 Å². The van der Waals surface area contributed by atoms with E-state index in [2.05, 4.69) is 0 Å². The van der Waals surface area contributed by atoms with Crippen molar-refractivity contribution >= 4 is 17.6 Å². The van der Waals surface area contributed by atoms with Gasteiger partial charge in [-0.15, -0.1) is 0 Å². The zero-order chi connectivity index (χ0) is 21.6. The topological polar surface area (TPSA) is 65.1 Å². The van der Waals surface area contributed by atoms with E-state index in [0.717, 1.165) is 16.8 Å². The van der Waals surface area contributed by atoms with Crippen molar-refractivity contribution in [2.75, 3.05) is 18.1 Å². The zero-order valence-electron chi connectivity index (χ0n) is 17.2. The van der Waals surface area contributed by atoms with Crippen LogP contribution in [0.25, 0.3) is 0 Å². The Hall–Kier alpha value is -3.80. The number of esters is 1. The molecule has 0 aliphatic carbocycles. The number of fused-ring (bicyclic) bond motifs is 1. The van der Waals surface area contributed by atoms with Gasteiger partial charge in [0.15, 0.2) is 18.1 Å². The second-order valence-electron chi connectivity index (χ2n) is 7.28. The van der Waals surface area contributed by atoms with Crippen LogP contribution in [0.5, 0.6) is 11.5 Å². The maximum Gasteiger partial charge on any atom is 0.351 e. The number of carbonyl (C=O) groups excluding carboxylic acids is 2. The van der Waals surface area contributed by atoms with Gasteiger partial charge in [-0.05, 0) is 42.3 Å². The average Bonchev–Trinajstić information content (AvgIpc) is 2.81. The summed E-state index contributed by atoms with van der Waals surface area (Å²) in [4.78, 5) is 27.1. The summed E-state index contributed by atoms with van der Waals surface area (Å²) in [6, 6.07) is 24.4. The summed E-state index contributed by atoms with van der Waals surface area (Å²) in [6.45, 7) is 1.99. The summed E-state index contributed by atoms with van der Waals surface area (Å²) in [5, 5.41) is 0. The maximum atomic E-state index is 13.0. The molecule has 1 heterocycles. The van der Waals surface area contributed by atoms with E-state index in [0.29, 0.717) is 18.0 Å². The predicted octanol–water partition coefficient (Wildman–Crippen LogP) is 3.91. The summed E-state index contributed by atoms with van der Waals surface area (Å²) in [6.07, 6.45) is -0.913. The smallest absolute Gasteiger partial charge is 0.351 e. The molecule has 0 aromatic heterocycles. The molecule has 0 radical (unpaired) electrons. The van der Waals surface area contributed by atoms with E-state index in [4.69, 9.17) is 14.2 Å². The molecule has 0 unspecified atom stereocenters. The monoisotopic (exact) mass is 417 g/mol. The minimum Gasteiger partial charge on any atom is -0.485 e. The van der Waals surface area contributed by atoms with Crippen molar-refractivity contribution in [2.45, 2.75) is 19.6 Å². The Balaban J connectivity index is 1.43. The Morgan fingerprint density at radius 1 is 0.968 bits per heavy atom. The number of hydrogen-bond acceptors (Lipinski definition) is 5. The molecule has 4 rings (SSSR count). The van der Waals surface area contributed by atoms with E-state index in [1.807, 2.05) is 67.6 Å². The van der Waals surface area contributed by atoms with Crippen LogP contribution in [0.1, 0.15) is 11.1 Å². The highest BCUT2D eigenvalue weighted by molar-refractivity contribution is 5.95. The summed E-state index contributed by atoms with van der Waals surface area (Å²) in [5.74, 6) is 0.107. The maximum absolute atomic E-state index is 13.0. The third-order valence-electron chi connectivity index (χ3n) is 4.91. The molecular formula is C25H23NO5. The Bertz CT molecular complexity index is 1070. The van der Waals surface area contributed by atoms with Crippen LogP contribution >= 0.6 is 0 Å². The molecule has 0 saturated carbocycles. The van der Waals surface area contributed by atoms with Gasteiger partial charge in [0.05, 0.1) is 6.54 Å². The molecule has 0 saturated heterocycles. The number of hydrogen-bond donors (Lipinski definition) is 0. The number of anilines is 1. The summed E-state index contributed by atoms with van der Waals surface area (Å²) >= 11 is 0. The van der Waals surface area contributed by atoms with Crippen LogP contribution in [0, 0.1) is 6.92 Å². The lowest BCUT2D eigenvalue weighted by atomic mass is 10.1. The van der Waals surface area contributed by atoms with E-state index in [1.54, 1.807) is 23.1 Å². The highest BCUT2D eigenvalue weighted by atomic mass is 16.6. The molecule has 1 aliphatic heterocycles. The number of aryl methyl sites for hydroxylation is 1. The van der Waals surface area contributed by atoms with Crippen LogP contribution in [-0.2, 0) is 20.9 Å². The molecule has 0 bridgehead atoms. The third-order valence-corrected chi connectivity index (χ3v) is 4.91. The highest BCUT2D eigenvalue weighted by Gasteiger charge is 2.29. The van der Waals surface area contributed by atoms with Gasteiger partial charge < -0.3 is 19.1 Å². The van der Waals surface area contributed by atoms with Gasteiger partial charge in [-0.2, -0.15) is 0 Å². The largest absolute Gasteiger partial charge is 0.485 e. The lowest BCUT2D eigenvalue weighted by Crippen LogP contribution is -2.40. The first kappa shape index (κ1) is 20.5. The van der Waals surface area contributed by atoms with Crippen molar-refractivity contribution in [3.63, 3.8) is 0 Å². The van der Waals surface area contributed by atoms with Crippen LogP contribution in [-0.4, -0.2) is 31.2 Å². The summed E-state index contributed by atoms with van der Waals surface area (Å²) in [7, 11) is 0. The van der Waals surface area contributed by atoms with Gasteiger partial charge in [-0.1, -0.05) is 54.6 Å². The highest BCUT2D eigenvalue weighted by Crippen LogP contribution is 2.31. The van der Waals surface area contributed by atoms with Crippen molar-refractivity contribution < 1.29 is 23.8 Å². The van der Waals surface area contributed by atoms with Crippen molar-refractivity contribution in [2.24, 2.45) is 0 Å². The molecular weight excluding hydrogens is 394 g/mol. The second kappa shape index (κ2) is 9.34. The summed E-state index contributed by atoms with van der Waals surface area (Å²) in [5.41, 5.74) is 2.76. The number of benzene rings is 3. The zero-order valence-corrected chi connectivity index (χ0v) is 17.2. The fraction of sp³-hybridized carbons (Fsp3) is 0.200. The number of para-hydroxylation sites is 2. The lowest BCUT2D eigenvalue weighted by molar-refractivity contribution is -0.157. The predicted molar refractivity (Wildman–Crippen MR) is 116 cm³/mol. The molecule has 0 fully saturated rings. The fourth-order valence-electron chi connectivity index (χ4n) is 3.32. The van der Waals surface area contributed by atoms with Gasteiger partial charge in [-0.25, -0.2) is 4.79 Å². The van der Waals surface area contributed by atoms with E-state index in [1.165, 1.54) is 0 Å². The molecule has 1 atom stereocenters. The van der Waals surface area contributed by atoms with Crippen LogP contribution in [0.3, 0.4) is 0 Å². The van der Waals surface area contributed by atoms with E-state index < -0.39 is 12.1 Å². The van der Waals surface area contributed by atoms with E-state index in [9.17, 15) is 9.59 Å². The first-order valence-corrected chi connectivity index (χ1v) is 10.1. The van der Waals surface area contributed by atoms with Crippen LogP contribution in [0.15, 0.2) is 78.9 Å². The molecule has 6 heteroatoms. The van der Waals surface area contributed by atoms with Gasteiger partial charge in [0.1, 0.15) is 6.61 Å². The van der Waals surface area contributed by atoms with E-state index >= 15 is 0 Å². The standard InChI is InChI=1S/C25H23NO5/c1-18-8-7-11-20(14-18)26(15-19-9-3-2-4-10-19)24(27)17-30-25(28)23-16-29-21-12-5-6-13-22(21)31-23/h2-14,23H,15-17H2,1H3/t23-/m1/s1. The number of carbonyl (C=O) groups is 2. The third kappa shape index (κ3) is 5.04. The Morgan fingerprint density at radius 3 is 2.48 bits per heavy atom. The van der Waals surface area contributed by atoms with Gasteiger partial charge in [0.25, 0.3) is 5.91 Å². The van der Waals surface area contributed by atoms with Crippen molar-refractivity contribution in [1.82, 2.24) is 0 Å². The molecule has 3 aromatic rings. The fourth-order valence-corrected chi connectivity index (χ4v) is 3.32. The number of amides is 1. The van der Waals surface area contributed by atoms with Gasteiger partial charge in [0.2, 0.25) is 6.10 Å². The SMILES string of the molecule is Cc1cccc(N(Cc2ccccc2)C(=O)COC(=O)[C@H]2COc3ccccc3O2)c1. The Morgan fingerprint density at radius 2 is 1.71 bits per heavy atom. The van der Waals surface area contributed by atoms with Crippen LogP contribution in [0.4, 0.5) is 5.69 Å². The average molecular weight is 417 g/mol. The van der Waals surface area contributed by atoms with E-state index in [-0.39, 0.29) is 19.1 Å². The molecule has 0 spiro atoms. The first-order valence-electron chi connectivity index (χ1n) is 10.1. The van der Waals surface area contributed by atoms with Crippen LogP contribution in [0.2, 0.25) is 0 Å².